The highest BCUT2D eigenvalue weighted by atomic mass is 19.1. The Kier molecular flexibility index (Phi) is 2.79. The molecule has 3 rings (SSSR count). The number of hydrogen-bond donors (Lipinski definition) is 1. The van der Waals surface area contributed by atoms with Crippen molar-refractivity contribution in [2.45, 2.75) is 13.0 Å². The standard InChI is InChI=1S/C14H11FN2O4/c1-6-5-21-13-10(16-2)9(15)3-7-11(13)17(6)4-8(12(7)18)14(19)20/h3-4,6H,2,5H2,1H3,(H,19,20). The molecule has 0 fully saturated rings. The van der Waals surface area contributed by atoms with Crippen LogP contribution in [0.1, 0.15) is 23.3 Å². The molecule has 0 amide bonds. The van der Waals surface area contributed by atoms with Gasteiger partial charge in [-0.25, -0.2) is 9.18 Å². The maximum absolute atomic E-state index is 14.0. The lowest BCUT2D eigenvalue weighted by Crippen LogP contribution is -2.26. The van der Waals surface area contributed by atoms with Crippen LogP contribution in [0.4, 0.5) is 10.1 Å². The van der Waals surface area contributed by atoms with Crippen molar-refractivity contribution in [1.29, 1.82) is 0 Å². The number of aromatic carboxylic acids is 1. The van der Waals surface area contributed by atoms with Crippen LogP contribution in [0.3, 0.4) is 0 Å². The average molecular weight is 290 g/mol. The molecular formula is C14H11FN2O4. The van der Waals surface area contributed by atoms with Crippen molar-refractivity contribution in [3.8, 4) is 5.75 Å². The molecule has 1 aromatic carbocycles. The number of carbonyl (C=O) groups is 1. The quantitative estimate of drug-likeness (QED) is 0.859. The molecule has 0 bridgehead atoms. The van der Waals surface area contributed by atoms with Crippen LogP contribution >= 0.6 is 0 Å². The lowest BCUT2D eigenvalue weighted by molar-refractivity contribution is 0.0694. The molecule has 0 aliphatic carbocycles. The zero-order valence-electron chi connectivity index (χ0n) is 11.1. The molecule has 2 heterocycles. The highest BCUT2D eigenvalue weighted by Gasteiger charge is 2.27. The summed E-state index contributed by atoms with van der Waals surface area (Å²) >= 11 is 0. The van der Waals surface area contributed by atoms with Crippen LogP contribution in [-0.4, -0.2) is 29.0 Å². The van der Waals surface area contributed by atoms with Crippen LogP contribution in [0.25, 0.3) is 10.9 Å². The van der Waals surface area contributed by atoms with Gasteiger partial charge in [0, 0.05) is 6.20 Å². The Morgan fingerprint density at radius 1 is 1.62 bits per heavy atom. The molecule has 0 spiro atoms. The van der Waals surface area contributed by atoms with Crippen molar-refractivity contribution in [1.82, 2.24) is 4.57 Å². The zero-order chi connectivity index (χ0) is 15.3. The predicted molar refractivity (Wildman–Crippen MR) is 74.5 cm³/mol. The second-order valence-corrected chi connectivity index (χ2v) is 4.83. The number of hydrogen-bond acceptors (Lipinski definition) is 4. The van der Waals surface area contributed by atoms with Gasteiger partial charge in [0.2, 0.25) is 5.43 Å². The molecule has 1 aliphatic rings. The Bertz CT molecular complexity index is 856. The van der Waals surface area contributed by atoms with E-state index in [9.17, 15) is 14.0 Å². The molecule has 0 radical (unpaired) electrons. The van der Waals surface area contributed by atoms with Crippen molar-refractivity contribution in [2.24, 2.45) is 4.99 Å². The van der Waals surface area contributed by atoms with E-state index >= 15 is 0 Å². The molecule has 6 nitrogen and oxygen atoms in total. The number of rotatable bonds is 2. The summed E-state index contributed by atoms with van der Waals surface area (Å²) < 4.78 is 21.1. The fourth-order valence-electron chi connectivity index (χ4n) is 2.51. The first-order chi connectivity index (χ1) is 9.95. The summed E-state index contributed by atoms with van der Waals surface area (Å²) in [5.41, 5.74) is -0.888. The van der Waals surface area contributed by atoms with Crippen molar-refractivity contribution in [2.75, 3.05) is 6.61 Å². The molecule has 108 valence electrons. The Hall–Kier alpha value is -2.70. The molecule has 1 unspecified atom stereocenters. The second-order valence-electron chi connectivity index (χ2n) is 4.83. The molecule has 0 saturated heterocycles. The number of ether oxygens (including phenoxy) is 1. The Morgan fingerprint density at radius 3 is 2.95 bits per heavy atom. The van der Waals surface area contributed by atoms with Crippen molar-refractivity contribution < 1.29 is 19.0 Å². The van der Waals surface area contributed by atoms with Gasteiger partial charge in [-0.1, -0.05) is 0 Å². The molecule has 1 aliphatic heterocycles. The highest BCUT2D eigenvalue weighted by molar-refractivity contribution is 5.96. The van der Waals surface area contributed by atoms with Crippen LogP contribution in [0, 0.1) is 5.82 Å². The third-order valence-corrected chi connectivity index (χ3v) is 3.53. The zero-order valence-corrected chi connectivity index (χ0v) is 11.1. The third-order valence-electron chi connectivity index (χ3n) is 3.53. The van der Waals surface area contributed by atoms with Crippen LogP contribution in [-0.2, 0) is 0 Å². The van der Waals surface area contributed by atoms with E-state index in [2.05, 4.69) is 11.7 Å². The minimum Gasteiger partial charge on any atom is -0.487 e. The minimum absolute atomic E-state index is 0.0404. The van der Waals surface area contributed by atoms with E-state index in [1.807, 2.05) is 6.92 Å². The Labute approximate surface area is 118 Å². The first-order valence-electron chi connectivity index (χ1n) is 6.20. The Balaban J connectivity index is 2.58. The lowest BCUT2D eigenvalue weighted by Gasteiger charge is -2.27. The van der Waals surface area contributed by atoms with E-state index in [4.69, 9.17) is 9.84 Å². The van der Waals surface area contributed by atoms with E-state index in [0.29, 0.717) is 5.52 Å². The number of aliphatic imine (C=N–C) groups is 1. The monoisotopic (exact) mass is 290 g/mol. The number of halogens is 1. The van der Waals surface area contributed by atoms with Gasteiger partial charge < -0.3 is 14.4 Å². The van der Waals surface area contributed by atoms with Crippen LogP contribution in [0.5, 0.6) is 5.75 Å². The summed E-state index contributed by atoms with van der Waals surface area (Å²) in [6, 6.07) is 0.789. The second kappa shape index (κ2) is 4.41. The van der Waals surface area contributed by atoms with Crippen molar-refractivity contribution in [3.05, 3.63) is 33.9 Å². The molecule has 1 aromatic heterocycles. The summed E-state index contributed by atoms with van der Waals surface area (Å²) in [5.74, 6) is -2.00. The summed E-state index contributed by atoms with van der Waals surface area (Å²) in [6.07, 6.45) is 1.26. The van der Waals surface area contributed by atoms with Gasteiger partial charge in [0.05, 0.1) is 16.9 Å². The number of carboxylic acids is 1. The predicted octanol–water partition coefficient (Wildman–Crippen LogP) is 2.12. The van der Waals surface area contributed by atoms with Crippen LogP contribution in [0.2, 0.25) is 0 Å². The van der Waals surface area contributed by atoms with E-state index in [1.165, 1.54) is 6.20 Å². The SMILES string of the molecule is C=Nc1c(F)cc2c(=O)c(C(=O)O)cn3c2c1OCC3C. The largest absolute Gasteiger partial charge is 0.487 e. The molecular weight excluding hydrogens is 279 g/mol. The third kappa shape index (κ3) is 1.74. The molecule has 7 heteroatoms. The van der Waals surface area contributed by atoms with Gasteiger partial charge in [-0.2, -0.15) is 0 Å². The molecule has 21 heavy (non-hydrogen) atoms. The van der Waals surface area contributed by atoms with Gasteiger partial charge in [-0.3, -0.25) is 9.79 Å². The number of nitrogens with zero attached hydrogens (tertiary/aromatic N) is 2. The van der Waals surface area contributed by atoms with Gasteiger partial charge in [0.15, 0.2) is 11.6 Å². The first-order valence-corrected chi connectivity index (χ1v) is 6.20. The number of aromatic nitrogens is 1. The summed E-state index contributed by atoms with van der Waals surface area (Å²) in [7, 11) is 0. The normalized spacial score (nSPS) is 16.6. The molecule has 1 atom stereocenters. The lowest BCUT2D eigenvalue weighted by atomic mass is 10.1. The minimum atomic E-state index is -1.35. The van der Waals surface area contributed by atoms with Crippen LogP contribution in [0.15, 0.2) is 22.1 Å². The molecule has 2 aromatic rings. The number of carboxylic acid groups (broad SMARTS) is 1. The van der Waals surface area contributed by atoms with Gasteiger partial charge in [0.25, 0.3) is 0 Å². The topological polar surface area (TPSA) is 80.9 Å². The first kappa shape index (κ1) is 13.3. The molecule has 1 N–H and O–H groups in total. The smallest absolute Gasteiger partial charge is 0.341 e. The van der Waals surface area contributed by atoms with E-state index in [1.54, 1.807) is 4.57 Å². The molecule has 0 saturated carbocycles. The van der Waals surface area contributed by atoms with E-state index in [0.717, 1.165) is 6.07 Å². The summed E-state index contributed by atoms with van der Waals surface area (Å²) in [6.45, 7) is 5.32. The van der Waals surface area contributed by atoms with Gasteiger partial charge in [-0.15, -0.1) is 0 Å². The summed E-state index contributed by atoms with van der Waals surface area (Å²) in [4.78, 5) is 27.0. The number of pyridine rings is 1. The van der Waals surface area contributed by atoms with Crippen LogP contribution < -0.4 is 10.2 Å². The average Bonchev–Trinajstić information content (AvgIpc) is 2.44. The Morgan fingerprint density at radius 2 is 2.33 bits per heavy atom. The van der Waals surface area contributed by atoms with Gasteiger partial charge >= 0.3 is 5.97 Å². The van der Waals surface area contributed by atoms with Gasteiger partial charge in [0.1, 0.15) is 17.9 Å². The van der Waals surface area contributed by atoms with Crippen molar-refractivity contribution in [3.63, 3.8) is 0 Å². The fourth-order valence-corrected chi connectivity index (χ4v) is 2.51. The number of benzene rings is 1. The van der Waals surface area contributed by atoms with Gasteiger partial charge in [-0.05, 0) is 19.7 Å². The maximum Gasteiger partial charge on any atom is 0.341 e. The maximum atomic E-state index is 14.0. The van der Waals surface area contributed by atoms with Crippen molar-refractivity contribution >= 4 is 29.3 Å². The fraction of sp³-hybridized carbons (Fsp3) is 0.214. The highest BCUT2D eigenvalue weighted by Crippen LogP contribution is 2.40. The van der Waals surface area contributed by atoms with E-state index < -0.39 is 22.8 Å². The summed E-state index contributed by atoms with van der Waals surface area (Å²) in [5, 5.41) is 9.08. The van der Waals surface area contributed by atoms with E-state index in [-0.39, 0.29) is 29.5 Å².